The van der Waals surface area contributed by atoms with Crippen LogP contribution in [-0.2, 0) is 14.3 Å². The van der Waals surface area contributed by atoms with Gasteiger partial charge in [-0.2, -0.15) is 0 Å². The third kappa shape index (κ3) is 9.05. The van der Waals surface area contributed by atoms with Crippen LogP contribution in [0.4, 0.5) is 0 Å². The molecule has 0 saturated carbocycles. The van der Waals surface area contributed by atoms with Crippen LogP contribution >= 0.6 is 0 Å². The normalized spacial score (nSPS) is 11.0. The number of esters is 1. The standard InChI is InChI=1S/C10H18O3/c1-10(2,3)13-9(12)7-5-4-6-8-11/h8H,4-7H2,1-3H3. The van der Waals surface area contributed by atoms with Gasteiger partial charge in [-0.05, 0) is 33.6 Å². The third-order valence-electron chi connectivity index (χ3n) is 1.37. The molecule has 0 fully saturated rings. The molecular weight excluding hydrogens is 168 g/mol. The number of carbonyl (C=O) groups is 2. The van der Waals surface area contributed by atoms with E-state index in [1.807, 2.05) is 20.8 Å². The molecule has 0 aliphatic carbocycles. The Morgan fingerprint density at radius 1 is 1.31 bits per heavy atom. The Hall–Kier alpha value is -0.860. The summed E-state index contributed by atoms with van der Waals surface area (Å²) in [4.78, 5) is 21.1. The summed E-state index contributed by atoms with van der Waals surface area (Å²) in [5.41, 5.74) is -0.401. The van der Waals surface area contributed by atoms with Gasteiger partial charge in [-0.15, -0.1) is 0 Å². The predicted octanol–water partition coefficient (Wildman–Crippen LogP) is 2.09. The van der Waals surface area contributed by atoms with Gasteiger partial charge < -0.3 is 9.53 Å². The summed E-state index contributed by atoms with van der Waals surface area (Å²) < 4.78 is 5.09. The molecule has 0 radical (unpaired) electrons. The fourth-order valence-electron chi connectivity index (χ4n) is 0.890. The Bertz CT molecular complexity index is 167. The van der Waals surface area contributed by atoms with Crippen molar-refractivity contribution in [2.75, 3.05) is 0 Å². The lowest BCUT2D eigenvalue weighted by atomic mass is 10.2. The van der Waals surface area contributed by atoms with Crippen molar-refractivity contribution < 1.29 is 14.3 Å². The average Bonchev–Trinajstić information content (AvgIpc) is 1.94. The fourth-order valence-corrected chi connectivity index (χ4v) is 0.890. The first-order valence-corrected chi connectivity index (χ1v) is 4.61. The number of rotatable bonds is 5. The highest BCUT2D eigenvalue weighted by Crippen LogP contribution is 2.09. The Labute approximate surface area is 79.5 Å². The third-order valence-corrected chi connectivity index (χ3v) is 1.37. The maximum absolute atomic E-state index is 11.1. The maximum Gasteiger partial charge on any atom is 0.306 e. The monoisotopic (exact) mass is 186 g/mol. The van der Waals surface area contributed by atoms with Gasteiger partial charge in [0.2, 0.25) is 0 Å². The van der Waals surface area contributed by atoms with E-state index >= 15 is 0 Å². The van der Waals surface area contributed by atoms with Crippen LogP contribution in [0.15, 0.2) is 0 Å². The lowest BCUT2D eigenvalue weighted by molar-refractivity contribution is -0.155. The van der Waals surface area contributed by atoms with E-state index in [2.05, 4.69) is 0 Å². The van der Waals surface area contributed by atoms with Crippen LogP contribution in [-0.4, -0.2) is 17.9 Å². The van der Waals surface area contributed by atoms with Gasteiger partial charge >= 0.3 is 5.97 Å². The predicted molar refractivity (Wildman–Crippen MR) is 50.4 cm³/mol. The Kier molecular flexibility index (Phi) is 5.35. The van der Waals surface area contributed by atoms with Crippen LogP contribution < -0.4 is 0 Å². The van der Waals surface area contributed by atoms with Crippen LogP contribution in [0.1, 0.15) is 46.5 Å². The van der Waals surface area contributed by atoms with Gasteiger partial charge in [-0.1, -0.05) is 0 Å². The first-order valence-electron chi connectivity index (χ1n) is 4.61. The first kappa shape index (κ1) is 12.1. The van der Waals surface area contributed by atoms with Crippen LogP contribution in [0.2, 0.25) is 0 Å². The number of hydrogen-bond acceptors (Lipinski definition) is 3. The minimum atomic E-state index is -0.401. The molecule has 0 atom stereocenters. The van der Waals surface area contributed by atoms with Gasteiger partial charge in [0.05, 0.1) is 0 Å². The molecule has 0 aliphatic rings. The summed E-state index contributed by atoms with van der Waals surface area (Å²) in [7, 11) is 0. The lowest BCUT2D eigenvalue weighted by Crippen LogP contribution is -2.23. The molecule has 0 unspecified atom stereocenters. The Morgan fingerprint density at radius 2 is 1.92 bits per heavy atom. The molecule has 3 nitrogen and oxygen atoms in total. The molecule has 0 bridgehead atoms. The van der Waals surface area contributed by atoms with Crippen LogP contribution in [0.5, 0.6) is 0 Å². The molecule has 0 aromatic carbocycles. The zero-order chi connectivity index (χ0) is 10.3. The summed E-state index contributed by atoms with van der Waals surface area (Å²) in [5.74, 6) is -0.182. The fraction of sp³-hybridized carbons (Fsp3) is 0.800. The quantitative estimate of drug-likeness (QED) is 0.375. The summed E-state index contributed by atoms with van der Waals surface area (Å²) >= 11 is 0. The van der Waals surface area contributed by atoms with E-state index in [4.69, 9.17) is 4.74 Å². The van der Waals surface area contributed by atoms with E-state index in [0.29, 0.717) is 12.8 Å². The molecule has 0 aromatic rings. The average molecular weight is 186 g/mol. The van der Waals surface area contributed by atoms with E-state index in [1.165, 1.54) is 0 Å². The summed E-state index contributed by atoms with van der Waals surface area (Å²) in [5, 5.41) is 0. The number of ether oxygens (including phenoxy) is 1. The second-order valence-electron chi connectivity index (χ2n) is 4.00. The van der Waals surface area contributed by atoms with Crippen molar-refractivity contribution in [1.82, 2.24) is 0 Å². The topological polar surface area (TPSA) is 43.4 Å². The van der Waals surface area contributed by atoms with Crippen molar-refractivity contribution in [3.8, 4) is 0 Å². The van der Waals surface area contributed by atoms with E-state index < -0.39 is 5.60 Å². The van der Waals surface area contributed by atoms with Crippen LogP contribution in [0.25, 0.3) is 0 Å². The largest absolute Gasteiger partial charge is 0.460 e. The van der Waals surface area contributed by atoms with Gasteiger partial charge in [0, 0.05) is 12.8 Å². The molecule has 0 spiro atoms. The molecule has 0 aliphatic heterocycles. The second kappa shape index (κ2) is 5.73. The molecule has 3 heteroatoms. The van der Waals surface area contributed by atoms with E-state index in [0.717, 1.165) is 19.1 Å². The summed E-state index contributed by atoms with van der Waals surface area (Å²) in [6, 6.07) is 0. The van der Waals surface area contributed by atoms with Gasteiger partial charge in [-0.3, -0.25) is 4.79 Å². The van der Waals surface area contributed by atoms with Gasteiger partial charge in [0.1, 0.15) is 11.9 Å². The molecule has 0 N–H and O–H groups in total. The highest BCUT2D eigenvalue weighted by molar-refractivity contribution is 5.69. The highest BCUT2D eigenvalue weighted by Gasteiger charge is 2.15. The Balaban J connectivity index is 3.47. The molecule has 0 saturated heterocycles. The van der Waals surface area contributed by atoms with Gasteiger partial charge in [0.15, 0.2) is 0 Å². The summed E-state index contributed by atoms with van der Waals surface area (Å²) in [6.45, 7) is 5.53. The molecular formula is C10H18O3. The number of carbonyl (C=O) groups excluding carboxylic acids is 2. The smallest absolute Gasteiger partial charge is 0.306 e. The minimum absolute atomic E-state index is 0.182. The number of aldehydes is 1. The molecule has 13 heavy (non-hydrogen) atoms. The van der Waals surface area contributed by atoms with E-state index in [9.17, 15) is 9.59 Å². The SMILES string of the molecule is CC(C)(C)OC(=O)CCCCC=O. The molecule has 0 heterocycles. The minimum Gasteiger partial charge on any atom is -0.460 e. The van der Waals surface area contributed by atoms with Gasteiger partial charge in [-0.25, -0.2) is 0 Å². The molecule has 0 aromatic heterocycles. The lowest BCUT2D eigenvalue weighted by Gasteiger charge is -2.19. The van der Waals surface area contributed by atoms with Crippen molar-refractivity contribution in [2.24, 2.45) is 0 Å². The highest BCUT2D eigenvalue weighted by atomic mass is 16.6. The first-order chi connectivity index (χ1) is 5.95. The molecule has 0 amide bonds. The number of hydrogen-bond donors (Lipinski definition) is 0. The molecule has 76 valence electrons. The Morgan fingerprint density at radius 3 is 2.38 bits per heavy atom. The molecule has 0 rings (SSSR count). The van der Waals surface area contributed by atoms with Crippen molar-refractivity contribution in [3.05, 3.63) is 0 Å². The van der Waals surface area contributed by atoms with Crippen molar-refractivity contribution in [2.45, 2.75) is 52.1 Å². The maximum atomic E-state index is 11.1. The van der Waals surface area contributed by atoms with Crippen LogP contribution in [0.3, 0.4) is 0 Å². The van der Waals surface area contributed by atoms with Gasteiger partial charge in [0.25, 0.3) is 0 Å². The van der Waals surface area contributed by atoms with Crippen molar-refractivity contribution >= 4 is 12.3 Å². The van der Waals surface area contributed by atoms with Crippen molar-refractivity contribution in [3.63, 3.8) is 0 Å². The summed E-state index contributed by atoms with van der Waals surface area (Å²) in [6.07, 6.45) is 3.30. The second-order valence-corrected chi connectivity index (χ2v) is 4.00. The van der Waals surface area contributed by atoms with E-state index in [-0.39, 0.29) is 5.97 Å². The van der Waals surface area contributed by atoms with Crippen molar-refractivity contribution in [1.29, 1.82) is 0 Å². The number of unbranched alkanes of at least 4 members (excludes halogenated alkanes) is 2. The van der Waals surface area contributed by atoms with E-state index in [1.54, 1.807) is 0 Å². The van der Waals surface area contributed by atoms with Crippen LogP contribution in [0, 0.1) is 0 Å². The zero-order valence-corrected chi connectivity index (χ0v) is 8.63. The zero-order valence-electron chi connectivity index (χ0n) is 8.63.